The van der Waals surface area contributed by atoms with Crippen molar-refractivity contribution in [2.45, 2.75) is 31.3 Å². The Morgan fingerprint density at radius 1 is 1.00 bits per heavy atom. The molecule has 0 radical (unpaired) electrons. The van der Waals surface area contributed by atoms with Gasteiger partial charge in [0.2, 0.25) is 0 Å². The van der Waals surface area contributed by atoms with E-state index >= 15 is 0 Å². The van der Waals surface area contributed by atoms with E-state index in [9.17, 15) is 15.0 Å². The Bertz CT molecular complexity index is 773. The molecular formula is C23H27NO3. The number of ketones is 1. The molecular weight excluding hydrogens is 338 g/mol. The lowest BCUT2D eigenvalue weighted by Crippen LogP contribution is -2.33. The van der Waals surface area contributed by atoms with Gasteiger partial charge in [0.25, 0.3) is 0 Å². The van der Waals surface area contributed by atoms with E-state index in [1.165, 1.54) is 5.56 Å². The summed E-state index contributed by atoms with van der Waals surface area (Å²) < 4.78 is 0. The number of hydrogen-bond donors (Lipinski definition) is 2. The van der Waals surface area contributed by atoms with Crippen molar-refractivity contribution in [2.75, 3.05) is 19.6 Å². The second kappa shape index (κ2) is 7.45. The quantitative estimate of drug-likeness (QED) is 0.772. The van der Waals surface area contributed by atoms with E-state index in [0.717, 1.165) is 38.8 Å². The zero-order chi connectivity index (χ0) is 18.9. The number of carbonyl (C=O) groups excluding carboxylic acids is 1. The molecule has 0 spiro atoms. The first kappa shape index (κ1) is 18.2. The highest BCUT2D eigenvalue weighted by Gasteiger charge is 2.47. The summed E-state index contributed by atoms with van der Waals surface area (Å²) in [6.07, 6.45) is 3.42. The molecule has 0 unspecified atom stereocenters. The molecule has 2 fully saturated rings. The highest BCUT2D eigenvalue weighted by Crippen LogP contribution is 2.45. The predicted molar refractivity (Wildman–Crippen MR) is 105 cm³/mol. The first-order valence-corrected chi connectivity index (χ1v) is 9.82. The summed E-state index contributed by atoms with van der Waals surface area (Å²) in [5.41, 5.74) is 1.37. The molecule has 2 N–H and O–H groups in total. The van der Waals surface area contributed by atoms with Crippen LogP contribution in [0.5, 0.6) is 5.75 Å². The number of benzene rings is 2. The molecule has 4 nitrogen and oxygen atoms in total. The molecule has 4 rings (SSSR count). The Kier molecular flexibility index (Phi) is 5.02. The van der Waals surface area contributed by atoms with E-state index in [1.807, 2.05) is 18.2 Å². The predicted octanol–water partition coefficient (Wildman–Crippen LogP) is 3.28. The van der Waals surface area contributed by atoms with Crippen LogP contribution in [0.3, 0.4) is 0 Å². The Labute approximate surface area is 160 Å². The van der Waals surface area contributed by atoms with E-state index in [-0.39, 0.29) is 11.5 Å². The average molecular weight is 365 g/mol. The molecule has 4 heteroatoms. The first-order chi connectivity index (χ1) is 13.0. The molecule has 1 aliphatic carbocycles. The molecule has 3 atom stereocenters. The van der Waals surface area contributed by atoms with Crippen LogP contribution in [-0.2, 0) is 6.42 Å². The maximum Gasteiger partial charge on any atom is 0.176 e. The van der Waals surface area contributed by atoms with Gasteiger partial charge in [-0.25, -0.2) is 0 Å². The molecule has 0 amide bonds. The van der Waals surface area contributed by atoms with Gasteiger partial charge in [-0.05, 0) is 67.3 Å². The fraction of sp³-hybridized carbons (Fsp3) is 0.435. The van der Waals surface area contributed by atoms with Crippen molar-refractivity contribution in [1.29, 1.82) is 0 Å². The van der Waals surface area contributed by atoms with Gasteiger partial charge in [-0.1, -0.05) is 30.3 Å². The largest absolute Gasteiger partial charge is 0.508 e. The van der Waals surface area contributed by atoms with E-state index in [1.54, 1.807) is 24.3 Å². The summed E-state index contributed by atoms with van der Waals surface area (Å²) in [6.45, 7) is 2.20. The van der Waals surface area contributed by atoms with Crippen LogP contribution in [0.2, 0.25) is 0 Å². The molecule has 1 saturated carbocycles. The van der Waals surface area contributed by atoms with Gasteiger partial charge in [0.1, 0.15) is 5.75 Å². The normalized spacial score (nSPS) is 27.6. The number of phenols is 1. The molecule has 1 aliphatic heterocycles. The molecule has 142 valence electrons. The molecule has 27 heavy (non-hydrogen) atoms. The number of aromatic hydroxyl groups is 1. The number of phenolic OH excluding ortho intramolecular Hbond substituents is 1. The number of carbonyl (C=O) groups is 1. The lowest BCUT2D eigenvalue weighted by Gasteiger charge is -2.26. The number of aryl methyl sites for hydroxylation is 1. The SMILES string of the molecule is O=C(CN1C[C@@H]2C[C@@](O)(CCc3ccccc3)C[C@@H]2C1)c1ccc(O)cc1. The Hall–Kier alpha value is -2.17. The summed E-state index contributed by atoms with van der Waals surface area (Å²) in [6, 6.07) is 16.8. The minimum absolute atomic E-state index is 0.0920. The maximum absolute atomic E-state index is 12.4. The van der Waals surface area contributed by atoms with Crippen LogP contribution in [0.4, 0.5) is 0 Å². The van der Waals surface area contributed by atoms with E-state index in [2.05, 4.69) is 17.0 Å². The minimum Gasteiger partial charge on any atom is -0.508 e. The second-order valence-electron chi connectivity index (χ2n) is 8.30. The van der Waals surface area contributed by atoms with Crippen molar-refractivity contribution in [3.63, 3.8) is 0 Å². The average Bonchev–Trinajstić information content (AvgIpc) is 3.16. The van der Waals surface area contributed by atoms with Gasteiger partial charge in [0.05, 0.1) is 12.1 Å². The molecule has 2 aromatic rings. The van der Waals surface area contributed by atoms with Crippen LogP contribution < -0.4 is 0 Å². The lowest BCUT2D eigenvalue weighted by molar-refractivity contribution is 0.0271. The van der Waals surface area contributed by atoms with Gasteiger partial charge in [-0.2, -0.15) is 0 Å². The molecule has 0 bridgehead atoms. The van der Waals surface area contributed by atoms with E-state index in [4.69, 9.17) is 0 Å². The fourth-order valence-electron chi connectivity index (χ4n) is 4.85. The fourth-order valence-corrected chi connectivity index (χ4v) is 4.85. The zero-order valence-electron chi connectivity index (χ0n) is 15.6. The zero-order valence-corrected chi connectivity index (χ0v) is 15.6. The standard InChI is InChI=1S/C23H27NO3/c25-21-8-6-18(7-9-21)22(26)16-24-14-19-12-23(27,13-20(19)15-24)11-10-17-4-2-1-3-5-17/h1-9,19-20,25,27H,10-16H2/t19-,20+,23-. The molecule has 2 aromatic carbocycles. The summed E-state index contributed by atoms with van der Waals surface area (Å²) in [4.78, 5) is 14.7. The number of Topliss-reactive ketones (excluding diaryl/α,β-unsaturated/α-hetero) is 1. The van der Waals surface area contributed by atoms with Gasteiger partial charge in [0, 0.05) is 18.7 Å². The number of hydrogen-bond acceptors (Lipinski definition) is 4. The smallest absolute Gasteiger partial charge is 0.176 e. The molecule has 0 aromatic heterocycles. The van der Waals surface area contributed by atoms with Gasteiger partial charge < -0.3 is 10.2 Å². The topological polar surface area (TPSA) is 60.8 Å². The molecule has 2 aliphatic rings. The lowest BCUT2D eigenvalue weighted by atomic mass is 9.91. The van der Waals surface area contributed by atoms with Crippen molar-refractivity contribution < 1.29 is 15.0 Å². The van der Waals surface area contributed by atoms with Crippen molar-refractivity contribution >= 4 is 5.78 Å². The van der Waals surface area contributed by atoms with Crippen LogP contribution in [0, 0.1) is 11.8 Å². The Morgan fingerprint density at radius 2 is 1.63 bits per heavy atom. The van der Waals surface area contributed by atoms with E-state index < -0.39 is 5.60 Å². The Balaban J connectivity index is 1.29. The molecule has 1 heterocycles. The van der Waals surface area contributed by atoms with Crippen LogP contribution in [0.25, 0.3) is 0 Å². The van der Waals surface area contributed by atoms with Gasteiger partial charge >= 0.3 is 0 Å². The Morgan fingerprint density at radius 3 is 2.26 bits per heavy atom. The third kappa shape index (κ3) is 4.23. The number of rotatable bonds is 6. The number of fused-ring (bicyclic) bond motifs is 1. The number of likely N-dealkylation sites (tertiary alicyclic amines) is 1. The van der Waals surface area contributed by atoms with Crippen molar-refractivity contribution in [3.8, 4) is 5.75 Å². The third-order valence-electron chi connectivity index (χ3n) is 6.21. The second-order valence-corrected chi connectivity index (χ2v) is 8.30. The van der Waals surface area contributed by atoms with Crippen LogP contribution in [-0.4, -0.2) is 46.1 Å². The monoisotopic (exact) mass is 365 g/mol. The highest BCUT2D eigenvalue weighted by atomic mass is 16.3. The molecule has 1 saturated heterocycles. The number of nitrogens with zero attached hydrogens (tertiary/aromatic N) is 1. The summed E-state index contributed by atoms with van der Waals surface area (Å²) in [5, 5.41) is 20.4. The maximum atomic E-state index is 12.4. The number of aliphatic hydroxyl groups is 1. The van der Waals surface area contributed by atoms with Crippen LogP contribution in [0.1, 0.15) is 35.2 Å². The highest BCUT2D eigenvalue weighted by molar-refractivity contribution is 5.97. The van der Waals surface area contributed by atoms with Crippen molar-refractivity contribution in [3.05, 3.63) is 65.7 Å². The van der Waals surface area contributed by atoms with Crippen LogP contribution >= 0.6 is 0 Å². The first-order valence-electron chi connectivity index (χ1n) is 9.82. The van der Waals surface area contributed by atoms with E-state index in [0.29, 0.717) is 23.9 Å². The van der Waals surface area contributed by atoms with Crippen molar-refractivity contribution in [1.82, 2.24) is 4.90 Å². The van der Waals surface area contributed by atoms with Gasteiger partial charge in [-0.15, -0.1) is 0 Å². The summed E-state index contributed by atoms with van der Waals surface area (Å²) in [5.74, 6) is 1.24. The summed E-state index contributed by atoms with van der Waals surface area (Å²) >= 11 is 0. The van der Waals surface area contributed by atoms with Gasteiger partial charge in [-0.3, -0.25) is 9.69 Å². The van der Waals surface area contributed by atoms with Crippen molar-refractivity contribution in [2.24, 2.45) is 11.8 Å². The van der Waals surface area contributed by atoms with Gasteiger partial charge in [0.15, 0.2) is 5.78 Å². The third-order valence-corrected chi connectivity index (χ3v) is 6.21. The van der Waals surface area contributed by atoms with Crippen LogP contribution in [0.15, 0.2) is 54.6 Å². The summed E-state index contributed by atoms with van der Waals surface area (Å²) in [7, 11) is 0. The minimum atomic E-state index is -0.557.